The molecular formula is C21H28N8S. The van der Waals surface area contributed by atoms with Crippen LogP contribution in [0.15, 0.2) is 12.3 Å². The monoisotopic (exact) mass is 424 g/mol. The summed E-state index contributed by atoms with van der Waals surface area (Å²) in [5, 5.41) is 13.8. The molecule has 1 saturated carbocycles. The van der Waals surface area contributed by atoms with Crippen LogP contribution < -0.4 is 10.2 Å². The number of piperazine rings is 1. The average molecular weight is 425 g/mol. The lowest BCUT2D eigenvalue weighted by Crippen LogP contribution is -2.74. The van der Waals surface area contributed by atoms with Crippen LogP contribution in [0.3, 0.4) is 0 Å². The molecule has 1 aliphatic carbocycles. The summed E-state index contributed by atoms with van der Waals surface area (Å²) in [6.07, 6.45) is 5.00. The van der Waals surface area contributed by atoms with Crippen LogP contribution in [0.5, 0.6) is 0 Å². The summed E-state index contributed by atoms with van der Waals surface area (Å²) in [5.41, 5.74) is 2.34. The molecule has 2 aliphatic heterocycles. The van der Waals surface area contributed by atoms with Gasteiger partial charge < -0.3 is 10.2 Å². The zero-order chi connectivity index (χ0) is 20.9. The van der Waals surface area contributed by atoms with E-state index in [-0.39, 0.29) is 5.54 Å². The second kappa shape index (κ2) is 7.15. The number of anilines is 3. The van der Waals surface area contributed by atoms with Gasteiger partial charge in [-0.3, -0.25) is 9.80 Å². The van der Waals surface area contributed by atoms with Crippen LogP contribution in [0.2, 0.25) is 0 Å². The van der Waals surface area contributed by atoms with Crippen LogP contribution in [-0.2, 0) is 0 Å². The van der Waals surface area contributed by atoms with Crippen LogP contribution in [0.1, 0.15) is 30.5 Å². The van der Waals surface area contributed by atoms with E-state index in [4.69, 9.17) is 4.98 Å². The van der Waals surface area contributed by atoms with Crippen molar-refractivity contribution in [3.63, 3.8) is 0 Å². The van der Waals surface area contributed by atoms with Crippen molar-refractivity contribution < 1.29 is 0 Å². The van der Waals surface area contributed by atoms with Gasteiger partial charge in [0.25, 0.3) is 0 Å². The summed E-state index contributed by atoms with van der Waals surface area (Å²) in [7, 11) is 2.25. The minimum Gasteiger partial charge on any atom is -0.352 e. The molecule has 30 heavy (non-hydrogen) atoms. The van der Waals surface area contributed by atoms with Crippen molar-refractivity contribution in [2.45, 2.75) is 44.2 Å². The van der Waals surface area contributed by atoms with E-state index < -0.39 is 0 Å². The third kappa shape index (κ3) is 3.33. The van der Waals surface area contributed by atoms with E-state index in [0.29, 0.717) is 17.9 Å². The molecule has 4 heterocycles. The number of likely N-dealkylation sites (N-methyl/N-ethyl adjacent to an activating group) is 1. The van der Waals surface area contributed by atoms with Crippen LogP contribution in [-0.4, -0.2) is 75.0 Å². The molecule has 0 bridgehead atoms. The van der Waals surface area contributed by atoms with Gasteiger partial charge in [-0.1, -0.05) is 0 Å². The molecule has 1 N–H and O–H groups in total. The van der Waals surface area contributed by atoms with Gasteiger partial charge in [0.05, 0.1) is 23.7 Å². The summed E-state index contributed by atoms with van der Waals surface area (Å²) in [5.74, 6) is 1.55. The molecule has 5 rings (SSSR count). The summed E-state index contributed by atoms with van der Waals surface area (Å²) >= 11 is 1.41. The second-order valence-corrected chi connectivity index (χ2v) is 9.95. The Morgan fingerprint density at radius 1 is 1.23 bits per heavy atom. The number of aryl methyl sites for hydroxylation is 2. The van der Waals surface area contributed by atoms with Gasteiger partial charge in [-0.05, 0) is 51.3 Å². The highest BCUT2D eigenvalue weighted by Gasteiger charge is 2.56. The standard InChI is InChI=1S/C21H28N8S/c1-15-11-23-19(24-17-10-16(2)26-30-17)25-18(15)28-12-21(13-28,6-7-22)29-9-8-27(3)20(14-29)4-5-20/h10-11H,4-6,8-9,12-14H2,1-3H3,(H,23,24,25). The van der Waals surface area contributed by atoms with Gasteiger partial charge in [-0.15, -0.1) is 0 Å². The van der Waals surface area contributed by atoms with Crippen LogP contribution >= 0.6 is 11.5 Å². The maximum Gasteiger partial charge on any atom is 0.229 e. The Hall–Kier alpha value is -2.28. The fraction of sp³-hybridized carbons (Fsp3) is 0.619. The van der Waals surface area contributed by atoms with Crippen molar-refractivity contribution in [3.05, 3.63) is 23.5 Å². The minimum absolute atomic E-state index is 0.0641. The molecule has 2 aromatic rings. The van der Waals surface area contributed by atoms with Crippen molar-refractivity contribution in [1.29, 1.82) is 5.26 Å². The molecule has 0 unspecified atom stereocenters. The third-order valence-corrected chi connectivity index (χ3v) is 7.78. The lowest BCUT2D eigenvalue weighted by atomic mass is 9.83. The number of hydrogen-bond donors (Lipinski definition) is 1. The zero-order valence-corrected chi connectivity index (χ0v) is 18.7. The highest BCUT2D eigenvalue weighted by molar-refractivity contribution is 7.10. The topological polar surface area (TPSA) is 84.2 Å². The predicted octanol–water partition coefficient (Wildman–Crippen LogP) is 2.55. The van der Waals surface area contributed by atoms with Gasteiger partial charge >= 0.3 is 0 Å². The van der Waals surface area contributed by atoms with Gasteiger partial charge in [0.2, 0.25) is 5.95 Å². The Morgan fingerprint density at radius 3 is 2.70 bits per heavy atom. The second-order valence-electron chi connectivity index (χ2n) is 9.14. The Balaban J connectivity index is 1.33. The maximum atomic E-state index is 9.57. The number of nitrogens with zero attached hydrogens (tertiary/aromatic N) is 7. The maximum absolute atomic E-state index is 9.57. The van der Waals surface area contributed by atoms with Crippen molar-refractivity contribution in [2.24, 2.45) is 0 Å². The van der Waals surface area contributed by atoms with Gasteiger partial charge in [-0.2, -0.15) is 14.6 Å². The van der Waals surface area contributed by atoms with E-state index in [9.17, 15) is 5.26 Å². The molecule has 1 spiro atoms. The number of nitrogens with one attached hydrogen (secondary N) is 1. The molecule has 2 saturated heterocycles. The van der Waals surface area contributed by atoms with E-state index in [2.05, 4.69) is 49.4 Å². The first-order chi connectivity index (χ1) is 14.4. The van der Waals surface area contributed by atoms with E-state index in [1.54, 1.807) is 0 Å². The first kappa shape index (κ1) is 19.7. The fourth-order valence-corrected chi connectivity index (χ4v) is 5.54. The first-order valence-corrected chi connectivity index (χ1v) is 11.3. The van der Waals surface area contributed by atoms with E-state index in [1.165, 1.54) is 24.4 Å². The Kier molecular flexibility index (Phi) is 4.69. The molecule has 0 atom stereocenters. The predicted molar refractivity (Wildman–Crippen MR) is 118 cm³/mol. The quantitative estimate of drug-likeness (QED) is 0.784. The molecule has 158 valence electrons. The molecule has 3 aliphatic rings. The third-order valence-electron chi connectivity index (χ3n) is 6.98. The number of nitriles is 1. The normalized spacial score (nSPS) is 22.5. The Morgan fingerprint density at radius 2 is 2.03 bits per heavy atom. The van der Waals surface area contributed by atoms with E-state index in [0.717, 1.165) is 54.8 Å². The van der Waals surface area contributed by atoms with Crippen LogP contribution in [0.25, 0.3) is 0 Å². The van der Waals surface area contributed by atoms with Crippen LogP contribution in [0, 0.1) is 25.2 Å². The highest BCUT2D eigenvalue weighted by atomic mass is 32.1. The molecular weight excluding hydrogens is 396 g/mol. The van der Waals surface area contributed by atoms with Gasteiger partial charge in [0, 0.05) is 50.0 Å². The first-order valence-electron chi connectivity index (χ1n) is 10.6. The molecule has 0 amide bonds. The molecule has 0 radical (unpaired) electrons. The molecule has 2 aromatic heterocycles. The molecule has 9 heteroatoms. The van der Waals surface area contributed by atoms with Crippen LogP contribution in [0.4, 0.5) is 16.8 Å². The smallest absolute Gasteiger partial charge is 0.229 e. The molecule has 8 nitrogen and oxygen atoms in total. The summed E-state index contributed by atoms with van der Waals surface area (Å²) in [6.45, 7) is 8.92. The Bertz CT molecular complexity index is 985. The lowest BCUT2D eigenvalue weighted by molar-refractivity contribution is -0.0134. The summed E-state index contributed by atoms with van der Waals surface area (Å²) in [6, 6.07) is 4.46. The van der Waals surface area contributed by atoms with Gasteiger partial charge in [-0.25, -0.2) is 4.98 Å². The summed E-state index contributed by atoms with van der Waals surface area (Å²) < 4.78 is 4.30. The van der Waals surface area contributed by atoms with Gasteiger partial charge in [0.1, 0.15) is 10.8 Å². The molecule has 3 fully saturated rings. The average Bonchev–Trinajstić information content (AvgIpc) is 3.35. The molecule has 0 aromatic carbocycles. The minimum atomic E-state index is -0.0641. The largest absolute Gasteiger partial charge is 0.352 e. The fourth-order valence-electron chi connectivity index (χ4n) is 4.88. The van der Waals surface area contributed by atoms with Gasteiger partial charge in [0.15, 0.2) is 0 Å². The number of rotatable bonds is 5. The SMILES string of the molecule is Cc1cc(Nc2ncc(C)c(N3CC(CC#N)(N4CCN(C)C5(CC5)C4)C3)n2)sn1. The van der Waals surface area contributed by atoms with Crippen molar-refractivity contribution in [1.82, 2.24) is 24.1 Å². The zero-order valence-electron chi connectivity index (χ0n) is 17.9. The van der Waals surface area contributed by atoms with E-state index >= 15 is 0 Å². The Labute approximate surface area is 181 Å². The number of hydrogen-bond acceptors (Lipinski definition) is 9. The summed E-state index contributed by atoms with van der Waals surface area (Å²) in [4.78, 5) is 16.7. The van der Waals surface area contributed by atoms with E-state index in [1.807, 2.05) is 19.2 Å². The van der Waals surface area contributed by atoms with Crippen molar-refractivity contribution in [3.8, 4) is 6.07 Å². The lowest BCUT2D eigenvalue weighted by Gasteiger charge is -2.58. The van der Waals surface area contributed by atoms with Crippen molar-refractivity contribution in [2.75, 3.05) is 50.0 Å². The van der Waals surface area contributed by atoms with Crippen molar-refractivity contribution >= 4 is 28.3 Å². The highest BCUT2D eigenvalue weighted by Crippen LogP contribution is 2.46. The number of aromatic nitrogens is 3.